The summed E-state index contributed by atoms with van der Waals surface area (Å²) in [6.07, 6.45) is -3.23. The second-order valence-corrected chi connectivity index (χ2v) is 9.43. The number of hydrogen-bond acceptors (Lipinski definition) is 8. The summed E-state index contributed by atoms with van der Waals surface area (Å²) in [5.74, 6) is -0.0546. The van der Waals surface area contributed by atoms with Gasteiger partial charge in [-0.1, -0.05) is 24.3 Å². The molecule has 1 aliphatic rings. The smallest absolute Gasteiger partial charge is 0.220 e. The Morgan fingerprint density at radius 1 is 1.03 bits per heavy atom. The first-order chi connectivity index (χ1) is 17.2. The number of carbonyl (C=O) groups excluding carboxylic acids is 1. The zero-order valence-corrected chi connectivity index (χ0v) is 20.6. The molecule has 0 unspecified atom stereocenters. The summed E-state index contributed by atoms with van der Waals surface area (Å²) in [5.41, 5.74) is 9.66. The highest BCUT2D eigenvalue weighted by atomic mass is 16.5. The molecule has 0 spiro atoms. The summed E-state index contributed by atoms with van der Waals surface area (Å²) in [4.78, 5) is 11.8. The number of aryl methyl sites for hydroxylation is 2. The van der Waals surface area contributed by atoms with E-state index in [0.29, 0.717) is 25.9 Å². The van der Waals surface area contributed by atoms with E-state index >= 15 is 0 Å². The van der Waals surface area contributed by atoms with E-state index in [1.807, 2.05) is 31.2 Å². The van der Waals surface area contributed by atoms with Crippen LogP contribution in [0, 0.1) is 6.92 Å². The number of aliphatic hydroxyl groups excluding tert-OH is 4. The van der Waals surface area contributed by atoms with Crippen LogP contribution in [0.5, 0.6) is 5.75 Å². The lowest BCUT2D eigenvalue weighted by Crippen LogP contribution is -2.55. The number of amides is 1. The van der Waals surface area contributed by atoms with Crippen molar-refractivity contribution >= 4 is 5.91 Å². The van der Waals surface area contributed by atoms with E-state index in [0.717, 1.165) is 41.5 Å². The van der Waals surface area contributed by atoms with Crippen molar-refractivity contribution in [2.24, 2.45) is 5.73 Å². The first-order valence-electron chi connectivity index (χ1n) is 12.4. The summed E-state index contributed by atoms with van der Waals surface area (Å²) in [6.45, 7) is 2.51. The molecule has 9 nitrogen and oxygen atoms in total. The lowest BCUT2D eigenvalue weighted by molar-refractivity contribution is -0.232. The highest BCUT2D eigenvalue weighted by molar-refractivity contribution is 5.75. The van der Waals surface area contributed by atoms with Gasteiger partial charge in [0, 0.05) is 18.5 Å². The Bertz CT molecular complexity index is 996. The van der Waals surface area contributed by atoms with Crippen LogP contribution < -0.4 is 11.1 Å². The van der Waals surface area contributed by atoms with Crippen LogP contribution in [0.1, 0.15) is 53.2 Å². The number of phenols is 1. The molecule has 0 saturated carbocycles. The van der Waals surface area contributed by atoms with Gasteiger partial charge in [-0.3, -0.25) is 4.79 Å². The van der Waals surface area contributed by atoms with E-state index in [4.69, 9.17) is 10.5 Å². The molecule has 5 atom stereocenters. The number of phenolic OH excluding ortho intramolecular Hbond substituents is 1. The van der Waals surface area contributed by atoms with Crippen LogP contribution >= 0.6 is 0 Å². The fraction of sp³-hybridized carbons (Fsp3) is 0.519. The van der Waals surface area contributed by atoms with E-state index in [9.17, 15) is 30.3 Å². The Kier molecular flexibility index (Phi) is 10.2. The summed E-state index contributed by atoms with van der Waals surface area (Å²) >= 11 is 0. The quantitative estimate of drug-likeness (QED) is 0.219. The van der Waals surface area contributed by atoms with Gasteiger partial charge < -0.3 is 41.3 Å². The van der Waals surface area contributed by atoms with Crippen molar-refractivity contribution in [2.45, 2.75) is 69.5 Å². The van der Waals surface area contributed by atoms with E-state index in [-0.39, 0.29) is 17.2 Å². The molecule has 0 aromatic heterocycles. The van der Waals surface area contributed by atoms with Gasteiger partial charge in [-0.15, -0.1) is 0 Å². The number of carbonyl (C=O) groups is 1. The Labute approximate surface area is 211 Å². The zero-order valence-electron chi connectivity index (χ0n) is 20.6. The number of ether oxygens (including phenoxy) is 1. The minimum absolute atomic E-state index is 0.0399. The SMILES string of the molecule is Cc1cc(O)c([C@@H]2O[C@H](CO)[C@@H](O)[C@H](O)[C@H]2O)cc1Cc1ccc(CCCC(=O)NCCCN)cc1. The largest absolute Gasteiger partial charge is 0.508 e. The fourth-order valence-electron chi connectivity index (χ4n) is 4.45. The highest BCUT2D eigenvalue weighted by Crippen LogP contribution is 2.38. The number of aliphatic hydroxyl groups is 4. The predicted molar refractivity (Wildman–Crippen MR) is 134 cm³/mol. The molecule has 2 aromatic carbocycles. The molecule has 1 aliphatic heterocycles. The lowest BCUT2D eigenvalue weighted by atomic mass is 9.88. The third-order valence-corrected chi connectivity index (χ3v) is 6.67. The molecular weight excluding hydrogens is 464 g/mol. The summed E-state index contributed by atoms with van der Waals surface area (Å²) in [6, 6.07) is 11.4. The van der Waals surface area contributed by atoms with Crippen LogP contribution in [0.3, 0.4) is 0 Å². The van der Waals surface area contributed by atoms with Gasteiger partial charge in [0.15, 0.2) is 0 Å². The Morgan fingerprint density at radius 2 is 1.72 bits per heavy atom. The number of benzene rings is 2. The monoisotopic (exact) mass is 502 g/mol. The Morgan fingerprint density at radius 3 is 2.39 bits per heavy atom. The number of nitrogens with two attached hydrogens (primary N) is 1. The molecule has 36 heavy (non-hydrogen) atoms. The molecule has 9 heteroatoms. The number of nitrogens with one attached hydrogen (secondary N) is 1. The molecule has 1 fully saturated rings. The standard InChI is InChI=1S/C27H38N2O7/c1-16-12-21(31)20(27-26(35)25(34)24(33)22(15-30)36-27)14-19(16)13-18-8-6-17(7-9-18)4-2-5-23(32)29-11-3-10-28/h6-9,12,14,22,24-27,30-31,33-35H,2-5,10-11,13,15,28H2,1H3,(H,29,32)/t22-,24-,25+,26-,27+/m1/s1. The number of hydrogen-bond donors (Lipinski definition) is 7. The van der Waals surface area contributed by atoms with Crippen LogP contribution in [0.25, 0.3) is 0 Å². The number of rotatable bonds is 11. The third-order valence-electron chi connectivity index (χ3n) is 6.67. The van der Waals surface area contributed by atoms with Crippen LogP contribution in [-0.4, -0.2) is 75.6 Å². The Hall–Kier alpha value is -2.53. The van der Waals surface area contributed by atoms with Gasteiger partial charge in [-0.25, -0.2) is 0 Å². The predicted octanol–water partition coefficient (Wildman–Crippen LogP) is 0.594. The maximum absolute atomic E-state index is 11.8. The average molecular weight is 503 g/mol. The first kappa shape index (κ1) is 28.0. The minimum atomic E-state index is -1.52. The molecule has 1 amide bonds. The number of aromatic hydroxyl groups is 1. The lowest BCUT2D eigenvalue weighted by Gasteiger charge is -2.40. The van der Waals surface area contributed by atoms with Gasteiger partial charge in [0.25, 0.3) is 0 Å². The molecular formula is C27H38N2O7. The van der Waals surface area contributed by atoms with Crippen LogP contribution in [0.4, 0.5) is 0 Å². The molecule has 8 N–H and O–H groups in total. The van der Waals surface area contributed by atoms with Crippen molar-refractivity contribution < 1.29 is 35.1 Å². The molecule has 1 heterocycles. The van der Waals surface area contributed by atoms with Gasteiger partial charge >= 0.3 is 0 Å². The molecule has 0 radical (unpaired) electrons. The van der Waals surface area contributed by atoms with E-state index in [1.165, 1.54) is 0 Å². The van der Waals surface area contributed by atoms with Crippen LogP contribution in [0.15, 0.2) is 36.4 Å². The molecule has 3 rings (SSSR count). The normalized spacial score (nSPS) is 24.0. The van der Waals surface area contributed by atoms with Gasteiger partial charge in [0.2, 0.25) is 5.91 Å². The van der Waals surface area contributed by atoms with E-state index in [2.05, 4.69) is 5.32 Å². The van der Waals surface area contributed by atoms with E-state index < -0.39 is 37.1 Å². The third kappa shape index (κ3) is 7.03. The molecule has 0 aliphatic carbocycles. The molecule has 1 saturated heterocycles. The second-order valence-electron chi connectivity index (χ2n) is 9.43. The Balaban J connectivity index is 1.65. The van der Waals surface area contributed by atoms with Crippen molar-refractivity contribution in [1.29, 1.82) is 0 Å². The van der Waals surface area contributed by atoms with Gasteiger partial charge in [0.1, 0.15) is 36.3 Å². The van der Waals surface area contributed by atoms with Crippen molar-refractivity contribution in [3.63, 3.8) is 0 Å². The van der Waals surface area contributed by atoms with Crippen molar-refractivity contribution in [3.05, 3.63) is 64.2 Å². The second kappa shape index (κ2) is 13.1. The highest BCUT2D eigenvalue weighted by Gasteiger charge is 2.44. The maximum Gasteiger partial charge on any atom is 0.220 e. The van der Waals surface area contributed by atoms with Crippen molar-refractivity contribution in [3.8, 4) is 5.75 Å². The summed E-state index contributed by atoms with van der Waals surface area (Å²) in [5, 5.41) is 53.6. The zero-order chi connectivity index (χ0) is 26.2. The van der Waals surface area contributed by atoms with Crippen molar-refractivity contribution in [1.82, 2.24) is 5.32 Å². The average Bonchev–Trinajstić information content (AvgIpc) is 2.86. The van der Waals surface area contributed by atoms with Crippen LogP contribution in [-0.2, 0) is 22.4 Å². The molecule has 0 bridgehead atoms. The summed E-state index contributed by atoms with van der Waals surface area (Å²) in [7, 11) is 0. The maximum atomic E-state index is 11.8. The topological polar surface area (TPSA) is 166 Å². The first-order valence-corrected chi connectivity index (χ1v) is 12.4. The van der Waals surface area contributed by atoms with Gasteiger partial charge in [0.05, 0.1) is 6.61 Å². The van der Waals surface area contributed by atoms with Crippen LogP contribution in [0.2, 0.25) is 0 Å². The van der Waals surface area contributed by atoms with Gasteiger partial charge in [-0.2, -0.15) is 0 Å². The minimum Gasteiger partial charge on any atom is -0.508 e. The fourth-order valence-corrected chi connectivity index (χ4v) is 4.45. The molecule has 198 valence electrons. The van der Waals surface area contributed by atoms with Gasteiger partial charge in [-0.05, 0) is 73.5 Å². The van der Waals surface area contributed by atoms with Crippen molar-refractivity contribution in [2.75, 3.05) is 19.7 Å². The van der Waals surface area contributed by atoms with E-state index in [1.54, 1.807) is 12.1 Å². The summed E-state index contributed by atoms with van der Waals surface area (Å²) < 4.78 is 5.64. The molecule has 2 aromatic rings.